The van der Waals surface area contributed by atoms with Crippen molar-refractivity contribution in [3.8, 4) is 17.3 Å². The fourth-order valence-electron chi connectivity index (χ4n) is 5.98. The van der Waals surface area contributed by atoms with E-state index in [1.165, 1.54) is 10.9 Å². The van der Waals surface area contributed by atoms with E-state index in [4.69, 9.17) is 20.2 Å². The van der Waals surface area contributed by atoms with Crippen LogP contribution in [0.15, 0.2) is 42.5 Å². The Bertz CT molecular complexity index is 1450. The molecule has 8 heteroatoms. The molecule has 0 spiro atoms. The Hall–Kier alpha value is -3.36. The van der Waals surface area contributed by atoms with E-state index in [1.54, 1.807) is 7.11 Å². The maximum absolute atomic E-state index is 13.4. The number of hydrogen-bond acceptors (Lipinski definition) is 5. The lowest BCUT2D eigenvalue weighted by Gasteiger charge is -2.30. The number of piperidine rings is 1. The Balaban J connectivity index is 1.45. The topological polar surface area (TPSA) is 87.5 Å². The number of benzene rings is 2. The Morgan fingerprint density at radius 2 is 1.97 bits per heavy atom. The third kappa shape index (κ3) is 4.38. The predicted octanol–water partition coefficient (Wildman–Crippen LogP) is 4.19. The molecule has 8 nitrogen and oxygen atoms in total. The van der Waals surface area contributed by atoms with Gasteiger partial charge in [0, 0.05) is 62.4 Å². The molecule has 2 N–H and O–H groups in total. The van der Waals surface area contributed by atoms with E-state index >= 15 is 0 Å². The smallest absolute Gasteiger partial charge is 0.254 e. The number of methoxy groups -OCH3 is 1. The number of para-hydroxylation sites is 1. The van der Waals surface area contributed by atoms with E-state index in [0.717, 1.165) is 74.5 Å². The summed E-state index contributed by atoms with van der Waals surface area (Å²) in [7, 11) is 3.67. The molecule has 2 aliphatic rings. The summed E-state index contributed by atoms with van der Waals surface area (Å²) < 4.78 is 15.9. The number of likely N-dealkylation sites (tertiary alicyclic amines) is 1. The minimum absolute atomic E-state index is 0.0174. The Kier molecular flexibility index (Phi) is 6.38. The first-order valence-electron chi connectivity index (χ1n) is 13.3. The van der Waals surface area contributed by atoms with E-state index in [2.05, 4.69) is 39.5 Å². The maximum atomic E-state index is 13.4. The molecule has 37 heavy (non-hydrogen) atoms. The quantitative estimate of drug-likeness (QED) is 0.443. The summed E-state index contributed by atoms with van der Waals surface area (Å²) in [5, 5.41) is 1.20. The highest BCUT2D eigenvalue weighted by atomic mass is 16.5. The Morgan fingerprint density at radius 3 is 2.76 bits per heavy atom. The maximum Gasteiger partial charge on any atom is 0.254 e. The van der Waals surface area contributed by atoms with Crippen LogP contribution in [-0.2, 0) is 18.3 Å². The van der Waals surface area contributed by atoms with Crippen molar-refractivity contribution in [2.45, 2.75) is 38.3 Å². The molecule has 4 heterocycles. The molecule has 1 amide bonds. The first-order chi connectivity index (χ1) is 18.0. The molecule has 0 radical (unpaired) electrons. The second-order valence-corrected chi connectivity index (χ2v) is 10.4. The fourth-order valence-corrected chi connectivity index (χ4v) is 5.98. The van der Waals surface area contributed by atoms with Crippen molar-refractivity contribution in [3.05, 3.63) is 48.0 Å². The zero-order valence-corrected chi connectivity index (χ0v) is 21.7. The minimum atomic E-state index is -0.0174. The average Bonchev–Trinajstić information content (AvgIpc) is 3.45. The van der Waals surface area contributed by atoms with Crippen molar-refractivity contribution in [2.24, 2.45) is 18.7 Å². The van der Waals surface area contributed by atoms with Crippen LogP contribution in [0.4, 0.5) is 0 Å². The molecule has 2 saturated heterocycles. The summed E-state index contributed by atoms with van der Waals surface area (Å²) in [5.74, 6) is 2.06. The van der Waals surface area contributed by atoms with Crippen LogP contribution >= 0.6 is 0 Å². The molecule has 0 aliphatic carbocycles. The lowest BCUT2D eigenvalue weighted by Crippen LogP contribution is -2.45. The van der Waals surface area contributed by atoms with Crippen LogP contribution < -0.4 is 10.5 Å². The molecule has 6 rings (SSSR count). The van der Waals surface area contributed by atoms with Crippen LogP contribution in [0.25, 0.3) is 33.5 Å². The van der Waals surface area contributed by atoms with Crippen LogP contribution in [0, 0.1) is 5.92 Å². The number of aromatic nitrogens is 3. The number of ether oxygens (including phenoxy) is 2. The van der Waals surface area contributed by atoms with Crippen LogP contribution in [0.5, 0.6) is 5.75 Å². The Morgan fingerprint density at radius 1 is 1.16 bits per heavy atom. The molecular formula is C29H35N5O3. The fraction of sp³-hybridized carbons (Fsp3) is 0.448. The van der Waals surface area contributed by atoms with Crippen LogP contribution in [0.1, 0.15) is 36.0 Å². The Labute approximate surface area is 216 Å². The zero-order chi connectivity index (χ0) is 25.5. The number of fused-ring (bicyclic) bond motifs is 2. The van der Waals surface area contributed by atoms with Gasteiger partial charge in [-0.05, 0) is 55.9 Å². The second-order valence-electron chi connectivity index (χ2n) is 10.4. The summed E-state index contributed by atoms with van der Waals surface area (Å²) in [6.45, 7) is 3.87. The van der Waals surface area contributed by atoms with Crippen molar-refractivity contribution in [1.29, 1.82) is 0 Å². The van der Waals surface area contributed by atoms with E-state index in [9.17, 15) is 4.79 Å². The van der Waals surface area contributed by atoms with Gasteiger partial charge < -0.3 is 29.2 Å². The van der Waals surface area contributed by atoms with Crippen LogP contribution in [0.2, 0.25) is 0 Å². The van der Waals surface area contributed by atoms with Gasteiger partial charge in [-0.1, -0.05) is 18.2 Å². The summed E-state index contributed by atoms with van der Waals surface area (Å²) in [5.41, 5.74) is 10.7. The van der Waals surface area contributed by atoms with Crippen molar-refractivity contribution in [2.75, 3.05) is 33.4 Å². The van der Waals surface area contributed by atoms with E-state index < -0.39 is 0 Å². The lowest BCUT2D eigenvalue weighted by atomic mass is 10.0. The van der Waals surface area contributed by atoms with Gasteiger partial charge in [0.2, 0.25) is 0 Å². The number of nitrogens with zero attached hydrogens (tertiary/aromatic N) is 4. The molecule has 0 unspecified atom stereocenters. The molecule has 2 aromatic carbocycles. The van der Waals surface area contributed by atoms with Crippen LogP contribution in [-0.4, -0.2) is 64.4 Å². The van der Waals surface area contributed by atoms with Crippen molar-refractivity contribution in [3.63, 3.8) is 0 Å². The molecule has 0 bridgehead atoms. The summed E-state index contributed by atoms with van der Waals surface area (Å²) >= 11 is 0. The van der Waals surface area contributed by atoms with Gasteiger partial charge in [0.1, 0.15) is 11.3 Å². The molecule has 0 saturated carbocycles. The molecule has 194 valence electrons. The highest BCUT2D eigenvalue weighted by Crippen LogP contribution is 2.35. The van der Waals surface area contributed by atoms with Gasteiger partial charge in [-0.25, -0.2) is 4.98 Å². The molecule has 2 aliphatic heterocycles. The summed E-state index contributed by atoms with van der Waals surface area (Å²) in [6, 6.07) is 14.5. The predicted molar refractivity (Wildman–Crippen MR) is 145 cm³/mol. The van der Waals surface area contributed by atoms with Gasteiger partial charge in [-0.2, -0.15) is 0 Å². The normalized spacial score (nSPS) is 19.1. The van der Waals surface area contributed by atoms with Crippen molar-refractivity contribution < 1.29 is 14.3 Å². The third-order valence-electron chi connectivity index (χ3n) is 7.97. The molecule has 1 atom stereocenters. The first-order valence-corrected chi connectivity index (χ1v) is 13.3. The van der Waals surface area contributed by atoms with Gasteiger partial charge in [-0.3, -0.25) is 4.79 Å². The standard InChI is InChI=1S/C29H35N5O3/c1-32-27-23(14-21(16-26(27)36-2)29(35)33-11-5-7-22(30)18-33)31-28(32)25-15-20-6-3-4-8-24(20)34(25)17-19-9-12-37-13-10-19/h3-4,6,8,14-16,19,22H,5,7,9-13,17-18,30H2,1-2H3/t22-/m1/s1. The van der Waals surface area contributed by atoms with Gasteiger partial charge in [0.25, 0.3) is 5.91 Å². The molecular weight excluding hydrogens is 466 g/mol. The molecule has 4 aromatic rings. The monoisotopic (exact) mass is 501 g/mol. The van der Waals surface area contributed by atoms with Crippen LogP contribution in [0.3, 0.4) is 0 Å². The van der Waals surface area contributed by atoms with Gasteiger partial charge in [0.15, 0.2) is 5.82 Å². The number of carbonyl (C=O) groups excluding carboxylic acids is 1. The van der Waals surface area contributed by atoms with Gasteiger partial charge in [-0.15, -0.1) is 0 Å². The molecule has 2 fully saturated rings. The highest BCUT2D eigenvalue weighted by Gasteiger charge is 2.26. The lowest BCUT2D eigenvalue weighted by molar-refractivity contribution is 0.0617. The first kappa shape index (κ1) is 24.0. The SMILES string of the molecule is COc1cc(C(=O)N2CCC[C@@H](N)C2)cc2nc(-c3cc4ccccc4n3CC3CCOCC3)n(C)c12. The number of amides is 1. The number of rotatable bonds is 5. The minimum Gasteiger partial charge on any atom is -0.494 e. The van der Waals surface area contributed by atoms with E-state index in [0.29, 0.717) is 23.8 Å². The molecule has 2 aromatic heterocycles. The number of nitrogens with two attached hydrogens (primary N) is 1. The van der Waals surface area contributed by atoms with Crippen molar-refractivity contribution in [1.82, 2.24) is 19.0 Å². The van der Waals surface area contributed by atoms with Gasteiger partial charge in [0.05, 0.1) is 18.3 Å². The van der Waals surface area contributed by atoms with E-state index in [-0.39, 0.29) is 11.9 Å². The van der Waals surface area contributed by atoms with E-state index in [1.807, 2.05) is 24.1 Å². The average molecular weight is 502 g/mol. The van der Waals surface area contributed by atoms with Gasteiger partial charge >= 0.3 is 0 Å². The number of aryl methyl sites for hydroxylation is 1. The number of carbonyl (C=O) groups is 1. The number of hydrogen-bond donors (Lipinski definition) is 1. The largest absolute Gasteiger partial charge is 0.494 e. The summed E-state index contributed by atoms with van der Waals surface area (Å²) in [6.07, 6.45) is 4.01. The highest BCUT2D eigenvalue weighted by molar-refractivity contribution is 6.00. The second kappa shape index (κ2) is 9.84. The van der Waals surface area contributed by atoms with Crippen molar-refractivity contribution >= 4 is 27.8 Å². The third-order valence-corrected chi connectivity index (χ3v) is 7.97. The number of imidazole rings is 1. The zero-order valence-electron chi connectivity index (χ0n) is 21.7. The summed E-state index contributed by atoms with van der Waals surface area (Å²) in [4.78, 5) is 20.3.